The molecule has 3 rings (SSSR count). The van der Waals surface area contributed by atoms with E-state index in [-0.39, 0.29) is 17.6 Å². The summed E-state index contributed by atoms with van der Waals surface area (Å²) in [4.78, 5) is 27.2. The molecule has 126 valence electrons. The number of rotatable bonds is 4. The SMILES string of the molecule is CC(C)[C@H]1CC[C@H](C)C[C@@H]1OC(=O)c1cc(C2CC2)[nH]c(=O)c1. The molecule has 0 unspecified atom stereocenters. The fraction of sp³-hybridized carbons (Fsp3) is 0.684. The Morgan fingerprint density at radius 1 is 1.22 bits per heavy atom. The van der Waals surface area contributed by atoms with E-state index in [0.717, 1.165) is 31.4 Å². The van der Waals surface area contributed by atoms with Crippen LogP contribution < -0.4 is 5.56 Å². The summed E-state index contributed by atoms with van der Waals surface area (Å²) in [5, 5.41) is 0. The van der Waals surface area contributed by atoms with E-state index < -0.39 is 0 Å². The minimum atomic E-state index is -0.345. The molecule has 4 nitrogen and oxygen atoms in total. The first-order valence-electron chi connectivity index (χ1n) is 8.89. The van der Waals surface area contributed by atoms with E-state index >= 15 is 0 Å². The highest BCUT2D eigenvalue weighted by molar-refractivity contribution is 5.89. The summed E-state index contributed by atoms with van der Waals surface area (Å²) >= 11 is 0. The Bertz CT molecular complexity index is 630. The van der Waals surface area contributed by atoms with Gasteiger partial charge in [-0.05, 0) is 55.4 Å². The number of hydrogen-bond acceptors (Lipinski definition) is 3. The van der Waals surface area contributed by atoms with E-state index in [9.17, 15) is 9.59 Å². The maximum absolute atomic E-state index is 12.6. The van der Waals surface area contributed by atoms with Gasteiger partial charge in [0.2, 0.25) is 5.56 Å². The van der Waals surface area contributed by atoms with Crippen molar-refractivity contribution in [1.29, 1.82) is 0 Å². The van der Waals surface area contributed by atoms with Crippen LogP contribution in [0.2, 0.25) is 0 Å². The third kappa shape index (κ3) is 3.85. The van der Waals surface area contributed by atoms with Crippen LogP contribution in [0.15, 0.2) is 16.9 Å². The number of aromatic amines is 1. The van der Waals surface area contributed by atoms with Gasteiger partial charge in [0.1, 0.15) is 6.10 Å². The lowest BCUT2D eigenvalue weighted by Crippen LogP contribution is -2.36. The molecule has 1 aromatic heterocycles. The van der Waals surface area contributed by atoms with Gasteiger partial charge in [0.25, 0.3) is 0 Å². The number of H-pyrrole nitrogens is 1. The van der Waals surface area contributed by atoms with Gasteiger partial charge in [0.05, 0.1) is 5.56 Å². The van der Waals surface area contributed by atoms with Crippen molar-refractivity contribution in [3.05, 3.63) is 33.7 Å². The molecule has 3 atom stereocenters. The smallest absolute Gasteiger partial charge is 0.338 e. The van der Waals surface area contributed by atoms with Crippen LogP contribution in [0, 0.1) is 17.8 Å². The van der Waals surface area contributed by atoms with Gasteiger partial charge in [-0.25, -0.2) is 4.79 Å². The van der Waals surface area contributed by atoms with Crippen molar-refractivity contribution in [3.63, 3.8) is 0 Å². The third-order valence-corrected chi connectivity index (χ3v) is 5.34. The number of aromatic nitrogens is 1. The largest absolute Gasteiger partial charge is 0.458 e. The monoisotopic (exact) mass is 317 g/mol. The summed E-state index contributed by atoms with van der Waals surface area (Å²) in [6.07, 6.45) is 5.38. The van der Waals surface area contributed by atoms with Gasteiger partial charge >= 0.3 is 5.97 Å². The fourth-order valence-corrected chi connectivity index (χ4v) is 3.75. The number of hydrogen-bond donors (Lipinski definition) is 1. The molecule has 0 radical (unpaired) electrons. The zero-order chi connectivity index (χ0) is 16.6. The summed E-state index contributed by atoms with van der Waals surface area (Å²) in [5.41, 5.74) is 1.07. The van der Waals surface area contributed by atoms with Gasteiger partial charge in [-0.3, -0.25) is 4.79 Å². The zero-order valence-electron chi connectivity index (χ0n) is 14.3. The van der Waals surface area contributed by atoms with Gasteiger partial charge in [-0.15, -0.1) is 0 Å². The molecule has 0 spiro atoms. The Morgan fingerprint density at radius 2 is 1.96 bits per heavy atom. The topological polar surface area (TPSA) is 59.2 Å². The lowest BCUT2D eigenvalue weighted by atomic mass is 9.75. The predicted octanol–water partition coefficient (Wildman–Crippen LogP) is 3.87. The molecule has 0 aromatic carbocycles. The average molecular weight is 317 g/mol. The fourth-order valence-electron chi connectivity index (χ4n) is 3.75. The summed E-state index contributed by atoms with van der Waals surface area (Å²) in [5.74, 6) is 1.57. The quantitative estimate of drug-likeness (QED) is 0.858. The third-order valence-electron chi connectivity index (χ3n) is 5.34. The second-order valence-electron chi connectivity index (χ2n) is 7.73. The first-order chi connectivity index (χ1) is 10.9. The minimum Gasteiger partial charge on any atom is -0.458 e. The first-order valence-corrected chi connectivity index (χ1v) is 8.89. The Balaban J connectivity index is 1.76. The molecule has 0 amide bonds. The van der Waals surface area contributed by atoms with E-state index in [0.29, 0.717) is 29.2 Å². The molecule has 0 aliphatic heterocycles. The molecule has 0 bridgehead atoms. The normalized spacial score (nSPS) is 27.9. The van der Waals surface area contributed by atoms with Crippen LogP contribution in [0.25, 0.3) is 0 Å². The van der Waals surface area contributed by atoms with E-state index in [2.05, 4.69) is 25.8 Å². The molecule has 23 heavy (non-hydrogen) atoms. The van der Waals surface area contributed by atoms with Crippen LogP contribution in [0.3, 0.4) is 0 Å². The molecular formula is C19H27NO3. The van der Waals surface area contributed by atoms with Crippen LogP contribution in [-0.4, -0.2) is 17.1 Å². The second kappa shape index (κ2) is 6.50. The Hall–Kier alpha value is -1.58. The molecule has 1 aromatic rings. The maximum atomic E-state index is 12.6. The molecular weight excluding hydrogens is 290 g/mol. The van der Waals surface area contributed by atoms with Gasteiger partial charge < -0.3 is 9.72 Å². The van der Waals surface area contributed by atoms with Crippen molar-refractivity contribution in [3.8, 4) is 0 Å². The number of carbonyl (C=O) groups excluding carboxylic acids is 1. The second-order valence-corrected chi connectivity index (χ2v) is 7.73. The summed E-state index contributed by atoms with van der Waals surface area (Å²) in [7, 11) is 0. The highest BCUT2D eigenvalue weighted by Gasteiger charge is 2.34. The lowest BCUT2D eigenvalue weighted by Gasteiger charge is -2.36. The van der Waals surface area contributed by atoms with Crippen molar-refractivity contribution in [2.75, 3.05) is 0 Å². The van der Waals surface area contributed by atoms with Gasteiger partial charge in [0, 0.05) is 11.8 Å². The Morgan fingerprint density at radius 3 is 2.61 bits per heavy atom. The molecule has 1 heterocycles. The van der Waals surface area contributed by atoms with E-state index in [4.69, 9.17) is 4.74 Å². The molecule has 2 aliphatic rings. The highest BCUT2D eigenvalue weighted by atomic mass is 16.5. The minimum absolute atomic E-state index is 0.0325. The summed E-state index contributed by atoms with van der Waals surface area (Å²) in [6, 6.07) is 3.17. The lowest BCUT2D eigenvalue weighted by molar-refractivity contribution is -0.0174. The summed E-state index contributed by atoms with van der Waals surface area (Å²) < 4.78 is 5.84. The van der Waals surface area contributed by atoms with Crippen molar-refractivity contribution in [2.45, 2.75) is 64.9 Å². The van der Waals surface area contributed by atoms with Crippen molar-refractivity contribution in [2.24, 2.45) is 17.8 Å². The molecule has 0 saturated heterocycles. The van der Waals surface area contributed by atoms with E-state index in [1.54, 1.807) is 6.07 Å². The predicted molar refractivity (Wildman–Crippen MR) is 89.6 cm³/mol. The van der Waals surface area contributed by atoms with Crippen molar-refractivity contribution in [1.82, 2.24) is 4.98 Å². The van der Waals surface area contributed by atoms with E-state index in [1.807, 2.05) is 0 Å². The highest BCUT2D eigenvalue weighted by Crippen LogP contribution is 2.39. The van der Waals surface area contributed by atoms with Crippen LogP contribution in [-0.2, 0) is 4.74 Å². The number of ether oxygens (including phenoxy) is 1. The van der Waals surface area contributed by atoms with Gasteiger partial charge in [0.15, 0.2) is 0 Å². The van der Waals surface area contributed by atoms with E-state index in [1.165, 1.54) is 12.5 Å². The Kier molecular flexibility index (Phi) is 4.60. The zero-order valence-corrected chi connectivity index (χ0v) is 14.3. The van der Waals surface area contributed by atoms with Crippen molar-refractivity contribution >= 4 is 5.97 Å². The molecule has 2 saturated carbocycles. The number of pyridine rings is 1. The molecule has 4 heteroatoms. The summed E-state index contributed by atoms with van der Waals surface area (Å²) in [6.45, 7) is 6.61. The van der Waals surface area contributed by atoms with Crippen LogP contribution in [0.5, 0.6) is 0 Å². The van der Waals surface area contributed by atoms with Crippen molar-refractivity contribution < 1.29 is 9.53 Å². The standard InChI is InChI=1S/C19H27NO3/c1-11(2)15-7-4-12(3)8-17(15)23-19(22)14-9-16(13-5-6-13)20-18(21)10-14/h9-13,15,17H,4-8H2,1-3H3,(H,20,21)/t12-,15+,17-/m0/s1. The molecule has 1 N–H and O–H groups in total. The maximum Gasteiger partial charge on any atom is 0.338 e. The van der Waals surface area contributed by atoms with Crippen LogP contribution in [0.1, 0.15) is 74.8 Å². The molecule has 2 fully saturated rings. The first kappa shape index (κ1) is 16.3. The number of nitrogens with one attached hydrogen (secondary N) is 1. The van der Waals surface area contributed by atoms with Gasteiger partial charge in [-0.2, -0.15) is 0 Å². The average Bonchev–Trinajstić information content (AvgIpc) is 3.31. The number of esters is 1. The molecule has 2 aliphatic carbocycles. The Labute approximate surface area is 137 Å². The van der Waals surface area contributed by atoms with Crippen LogP contribution >= 0.6 is 0 Å². The van der Waals surface area contributed by atoms with Crippen LogP contribution in [0.4, 0.5) is 0 Å². The number of carbonyl (C=O) groups is 1. The van der Waals surface area contributed by atoms with Gasteiger partial charge in [-0.1, -0.05) is 27.2 Å².